The molecule has 1 rings (SSSR count). The van der Waals surface area contributed by atoms with Crippen molar-refractivity contribution in [3.05, 3.63) is 0 Å². The molecule has 0 unspecified atom stereocenters. The largest absolute Gasteiger partial charge is 0.354 e. The van der Waals surface area contributed by atoms with Gasteiger partial charge in [-0.25, -0.2) is 0 Å². The zero-order valence-electron chi connectivity index (χ0n) is 8.41. The molecule has 78 valence electrons. The van der Waals surface area contributed by atoms with Crippen LogP contribution in [0.5, 0.6) is 0 Å². The molecule has 0 amide bonds. The van der Waals surface area contributed by atoms with Crippen molar-refractivity contribution in [3.63, 3.8) is 0 Å². The number of methoxy groups -OCH3 is 2. The second kappa shape index (κ2) is 6.32. The van der Waals surface area contributed by atoms with Crippen molar-refractivity contribution in [2.45, 2.75) is 38.1 Å². The number of hydrogen-bond donors (Lipinski definition) is 1. The maximum Gasteiger partial charge on any atom is 0.171 e. The lowest BCUT2D eigenvalue weighted by Gasteiger charge is -2.16. The monoisotopic (exact) mass is 189 g/mol. The molecule has 0 aromatic rings. The van der Waals surface area contributed by atoms with E-state index in [9.17, 15) is 0 Å². The minimum atomic E-state index is -0.221. The van der Waals surface area contributed by atoms with Gasteiger partial charge >= 0.3 is 0 Å². The van der Waals surface area contributed by atoms with Gasteiger partial charge in [0.2, 0.25) is 0 Å². The molecular formula is C9H19NO3. The minimum absolute atomic E-state index is 0.221. The fourth-order valence-electron chi connectivity index (χ4n) is 1.50. The number of nitrogens with one attached hydrogen (secondary N) is 1. The van der Waals surface area contributed by atoms with Crippen LogP contribution in [0.1, 0.15) is 25.7 Å². The molecule has 4 nitrogen and oxygen atoms in total. The van der Waals surface area contributed by atoms with Crippen LogP contribution in [0.2, 0.25) is 0 Å². The van der Waals surface area contributed by atoms with E-state index in [1.807, 2.05) is 0 Å². The Morgan fingerprint density at radius 3 is 2.38 bits per heavy atom. The molecule has 0 aromatic heterocycles. The van der Waals surface area contributed by atoms with Crippen molar-refractivity contribution < 1.29 is 14.3 Å². The van der Waals surface area contributed by atoms with Crippen LogP contribution in [0.15, 0.2) is 0 Å². The lowest BCUT2D eigenvalue weighted by atomic mass is 10.3. The van der Waals surface area contributed by atoms with Crippen LogP contribution in [0, 0.1) is 0 Å². The molecule has 1 fully saturated rings. The molecule has 1 aliphatic carbocycles. The normalized spacial score (nSPS) is 18.7. The topological polar surface area (TPSA) is 39.7 Å². The summed E-state index contributed by atoms with van der Waals surface area (Å²) in [6.45, 7) is 0.573. The molecule has 13 heavy (non-hydrogen) atoms. The highest BCUT2D eigenvalue weighted by molar-refractivity contribution is 4.65. The van der Waals surface area contributed by atoms with Gasteiger partial charge in [-0.2, -0.15) is 5.48 Å². The van der Waals surface area contributed by atoms with Gasteiger partial charge in [0.05, 0.1) is 12.6 Å². The van der Waals surface area contributed by atoms with Crippen LogP contribution in [0.25, 0.3) is 0 Å². The summed E-state index contributed by atoms with van der Waals surface area (Å²) in [6.07, 6.45) is 5.06. The Kier molecular flexibility index (Phi) is 5.31. The summed E-state index contributed by atoms with van der Waals surface area (Å²) in [6, 6.07) is 0. The summed E-state index contributed by atoms with van der Waals surface area (Å²) in [4.78, 5) is 5.43. The van der Waals surface area contributed by atoms with Gasteiger partial charge in [-0.05, 0) is 12.8 Å². The Morgan fingerprint density at radius 1 is 1.23 bits per heavy atom. The highest BCUT2D eigenvalue weighted by Gasteiger charge is 2.15. The van der Waals surface area contributed by atoms with Crippen molar-refractivity contribution in [3.8, 4) is 0 Å². The molecule has 0 atom stereocenters. The predicted molar refractivity (Wildman–Crippen MR) is 49.1 cm³/mol. The van der Waals surface area contributed by atoms with Gasteiger partial charge < -0.3 is 9.47 Å². The van der Waals surface area contributed by atoms with Crippen LogP contribution in [0.3, 0.4) is 0 Å². The van der Waals surface area contributed by atoms with Crippen LogP contribution >= 0.6 is 0 Å². The highest BCUT2D eigenvalue weighted by atomic mass is 16.7. The van der Waals surface area contributed by atoms with E-state index in [1.165, 1.54) is 12.8 Å². The smallest absolute Gasteiger partial charge is 0.171 e. The zero-order valence-corrected chi connectivity index (χ0v) is 8.41. The lowest BCUT2D eigenvalue weighted by molar-refractivity contribution is -0.129. The van der Waals surface area contributed by atoms with Gasteiger partial charge in [-0.15, -0.1) is 0 Å². The van der Waals surface area contributed by atoms with E-state index in [-0.39, 0.29) is 6.29 Å². The maximum absolute atomic E-state index is 5.43. The summed E-state index contributed by atoms with van der Waals surface area (Å²) in [7, 11) is 3.23. The molecule has 0 radical (unpaired) electrons. The molecule has 0 aliphatic heterocycles. The van der Waals surface area contributed by atoms with E-state index in [1.54, 1.807) is 14.2 Å². The average molecular weight is 189 g/mol. The Balaban J connectivity index is 1.98. The first-order valence-corrected chi connectivity index (χ1v) is 4.81. The first-order valence-electron chi connectivity index (χ1n) is 4.81. The van der Waals surface area contributed by atoms with E-state index in [0.29, 0.717) is 12.6 Å². The van der Waals surface area contributed by atoms with E-state index < -0.39 is 0 Å². The number of hydroxylamine groups is 1. The summed E-state index contributed by atoms with van der Waals surface area (Å²) in [5.74, 6) is 0. The molecule has 4 heteroatoms. The Morgan fingerprint density at radius 2 is 1.85 bits per heavy atom. The summed E-state index contributed by atoms with van der Waals surface area (Å²) >= 11 is 0. The quantitative estimate of drug-likeness (QED) is 0.501. The van der Waals surface area contributed by atoms with E-state index in [4.69, 9.17) is 14.3 Å². The van der Waals surface area contributed by atoms with Gasteiger partial charge in [0.25, 0.3) is 0 Å². The molecule has 0 spiro atoms. The molecular weight excluding hydrogens is 170 g/mol. The van der Waals surface area contributed by atoms with Gasteiger partial charge in [0, 0.05) is 14.2 Å². The van der Waals surface area contributed by atoms with Crippen LogP contribution in [-0.2, 0) is 14.3 Å². The summed E-state index contributed by atoms with van der Waals surface area (Å²) < 4.78 is 10.00. The Labute approximate surface area is 79.5 Å². The molecule has 0 bridgehead atoms. The van der Waals surface area contributed by atoms with Gasteiger partial charge in [-0.3, -0.25) is 4.84 Å². The first-order chi connectivity index (χ1) is 6.36. The van der Waals surface area contributed by atoms with Crippen molar-refractivity contribution in [2.75, 3.05) is 20.8 Å². The molecule has 0 heterocycles. The van der Waals surface area contributed by atoms with Crippen molar-refractivity contribution in [1.82, 2.24) is 5.48 Å². The standard InChI is InChI=1S/C9H19NO3/c1-11-9(12-2)7-10-13-8-5-3-4-6-8/h8-10H,3-7H2,1-2H3. The molecule has 1 saturated carbocycles. The number of rotatable bonds is 6. The number of ether oxygens (including phenoxy) is 2. The van der Waals surface area contributed by atoms with Gasteiger partial charge in [0.15, 0.2) is 6.29 Å². The Bertz CT molecular complexity index is 120. The van der Waals surface area contributed by atoms with Crippen molar-refractivity contribution >= 4 is 0 Å². The Hall–Kier alpha value is -0.160. The predicted octanol–water partition coefficient (Wildman–Crippen LogP) is 1.07. The van der Waals surface area contributed by atoms with Crippen LogP contribution in [0.4, 0.5) is 0 Å². The molecule has 1 N–H and O–H groups in total. The van der Waals surface area contributed by atoms with Gasteiger partial charge in [-0.1, -0.05) is 12.8 Å². The zero-order chi connectivity index (χ0) is 9.52. The first kappa shape index (κ1) is 10.9. The third-order valence-corrected chi connectivity index (χ3v) is 2.33. The molecule has 1 aliphatic rings. The average Bonchev–Trinajstić information content (AvgIpc) is 2.65. The summed E-state index contributed by atoms with van der Waals surface area (Å²) in [5, 5.41) is 0. The van der Waals surface area contributed by atoms with Gasteiger partial charge in [0.1, 0.15) is 0 Å². The van der Waals surface area contributed by atoms with E-state index in [0.717, 1.165) is 12.8 Å². The second-order valence-corrected chi connectivity index (χ2v) is 3.27. The minimum Gasteiger partial charge on any atom is -0.354 e. The lowest BCUT2D eigenvalue weighted by Crippen LogP contribution is -2.32. The molecule has 0 aromatic carbocycles. The third-order valence-electron chi connectivity index (χ3n) is 2.33. The van der Waals surface area contributed by atoms with E-state index in [2.05, 4.69) is 5.48 Å². The SMILES string of the molecule is COC(CNOC1CCCC1)OC. The second-order valence-electron chi connectivity index (χ2n) is 3.27. The van der Waals surface area contributed by atoms with E-state index >= 15 is 0 Å². The van der Waals surface area contributed by atoms with Crippen LogP contribution in [-0.4, -0.2) is 33.2 Å². The fraction of sp³-hybridized carbons (Fsp3) is 1.00. The van der Waals surface area contributed by atoms with Crippen molar-refractivity contribution in [1.29, 1.82) is 0 Å². The van der Waals surface area contributed by atoms with Crippen LogP contribution < -0.4 is 5.48 Å². The third kappa shape index (κ3) is 4.04. The van der Waals surface area contributed by atoms with Crippen molar-refractivity contribution in [2.24, 2.45) is 0 Å². The number of hydrogen-bond acceptors (Lipinski definition) is 4. The highest BCUT2D eigenvalue weighted by Crippen LogP contribution is 2.19. The molecule has 0 saturated heterocycles. The fourth-order valence-corrected chi connectivity index (χ4v) is 1.50. The summed E-state index contributed by atoms with van der Waals surface area (Å²) in [5.41, 5.74) is 2.88. The maximum atomic E-state index is 5.43.